The monoisotopic (exact) mass is 477 g/mol. The number of rotatable bonds is 8. The van der Waals surface area contributed by atoms with Gasteiger partial charge in [-0.05, 0) is 55.8 Å². The smallest absolute Gasteiger partial charge is 0.338 e. The quantitative estimate of drug-likeness (QED) is 0.384. The third-order valence-corrected chi connectivity index (χ3v) is 5.13. The Kier molecular flexibility index (Phi) is 6.81. The van der Waals surface area contributed by atoms with Crippen molar-refractivity contribution in [2.45, 2.75) is 20.5 Å². The second-order valence-electron chi connectivity index (χ2n) is 7.65. The van der Waals surface area contributed by atoms with Gasteiger partial charge in [-0.15, -0.1) is 4.57 Å². The molecule has 1 N–H and O–H groups in total. The average molecular weight is 477 g/mol. The summed E-state index contributed by atoms with van der Waals surface area (Å²) in [5, 5.41) is 2.74. The number of carbonyl (C=O) groups is 2. The van der Waals surface area contributed by atoms with Crippen molar-refractivity contribution in [3.8, 4) is 11.5 Å². The van der Waals surface area contributed by atoms with Crippen molar-refractivity contribution < 1.29 is 28.3 Å². The van der Waals surface area contributed by atoms with Gasteiger partial charge in [0.1, 0.15) is 23.9 Å². The number of nitrogens with one attached hydrogen (secondary N) is 1. The second-order valence-corrected chi connectivity index (χ2v) is 7.65. The summed E-state index contributed by atoms with van der Waals surface area (Å²) in [6.45, 7) is 2.99. The Morgan fingerprint density at radius 2 is 1.80 bits per heavy atom. The minimum atomic E-state index is -0.613. The summed E-state index contributed by atoms with van der Waals surface area (Å²) < 4.78 is 22.2. The van der Waals surface area contributed by atoms with Gasteiger partial charge in [0, 0.05) is 17.8 Å². The van der Waals surface area contributed by atoms with Crippen LogP contribution in [0.2, 0.25) is 0 Å². The molecule has 4 rings (SSSR count). The van der Waals surface area contributed by atoms with Gasteiger partial charge in [-0.25, -0.2) is 9.78 Å². The molecule has 35 heavy (non-hydrogen) atoms. The van der Waals surface area contributed by atoms with Crippen molar-refractivity contribution in [3.05, 3.63) is 87.5 Å². The van der Waals surface area contributed by atoms with Crippen molar-refractivity contribution in [2.75, 3.05) is 19.0 Å². The predicted octanol–water partition coefficient (Wildman–Crippen LogP) is 3.29. The third-order valence-electron chi connectivity index (χ3n) is 5.13. The Balaban J connectivity index is 1.38. The van der Waals surface area contributed by atoms with E-state index in [0.717, 1.165) is 4.57 Å². The molecule has 0 unspecified atom stereocenters. The molecular weight excluding hydrogens is 454 g/mol. The van der Waals surface area contributed by atoms with Crippen molar-refractivity contribution in [1.29, 1.82) is 0 Å². The number of nitrogens with zero attached hydrogens (tertiary/aromatic N) is 2. The zero-order chi connectivity index (χ0) is 24.9. The Morgan fingerprint density at radius 3 is 2.54 bits per heavy atom. The molecule has 0 aliphatic rings. The minimum absolute atomic E-state index is 0.194. The van der Waals surface area contributed by atoms with Gasteiger partial charge in [-0.1, -0.05) is 6.07 Å². The lowest BCUT2D eigenvalue weighted by molar-refractivity contribution is -0.118. The highest BCUT2D eigenvalue weighted by Crippen LogP contribution is 2.21. The van der Waals surface area contributed by atoms with E-state index < -0.39 is 11.5 Å². The fourth-order valence-electron chi connectivity index (χ4n) is 3.36. The lowest BCUT2D eigenvalue weighted by Crippen LogP contribution is -2.21. The standard InChI is InChI=1S/C25H23N3O7/c1-15-11-22-26-17(12-24(30)28(22)35-15)13-34-25(31)20-5-4-6-21(16(20)2)27-23(29)14-33-19-9-7-18(32-3)8-10-19/h4-12H,13-14H2,1-3H3,(H,27,29). The first-order chi connectivity index (χ1) is 16.8. The Morgan fingerprint density at radius 1 is 1.06 bits per heavy atom. The highest BCUT2D eigenvalue weighted by molar-refractivity contribution is 5.97. The average Bonchev–Trinajstić information content (AvgIpc) is 3.23. The maximum atomic E-state index is 12.7. The third kappa shape index (κ3) is 5.49. The number of ether oxygens (including phenoxy) is 3. The van der Waals surface area contributed by atoms with Gasteiger partial charge < -0.3 is 24.1 Å². The Labute approximate surface area is 200 Å². The SMILES string of the molecule is COc1ccc(OCC(=O)Nc2cccc(C(=O)OCc3cc(=O)n4oc(C)cc4n3)c2C)cc1. The van der Waals surface area contributed by atoms with Gasteiger partial charge in [-0.3, -0.25) is 9.59 Å². The molecule has 0 aliphatic carbocycles. The Bertz CT molecular complexity index is 1440. The van der Waals surface area contributed by atoms with Crippen LogP contribution in [-0.4, -0.2) is 35.2 Å². The number of methoxy groups -OCH3 is 1. The number of amides is 1. The number of anilines is 1. The molecule has 0 saturated heterocycles. The van der Waals surface area contributed by atoms with Gasteiger partial charge in [0.25, 0.3) is 11.5 Å². The van der Waals surface area contributed by atoms with Gasteiger partial charge in [-0.2, -0.15) is 0 Å². The number of fused-ring (bicyclic) bond motifs is 1. The van der Waals surface area contributed by atoms with Gasteiger partial charge in [0.15, 0.2) is 12.3 Å². The first-order valence-corrected chi connectivity index (χ1v) is 10.7. The van der Waals surface area contributed by atoms with Crippen molar-refractivity contribution in [2.24, 2.45) is 0 Å². The first kappa shape index (κ1) is 23.6. The molecule has 10 heteroatoms. The number of hydrogen-bond acceptors (Lipinski definition) is 8. The number of aromatic nitrogens is 2. The molecule has 0 spiro atoms. The minimum Gasteiger partial charge on any atom is -0.497 e. The normalized spacial score (nSPS) is 10.7. The van der Waals surface area contributed by atoms with Gasteiger partial charge in [0.2, 0.25) is 0 Å². The number of aryl methyl sites for hydroxylation is 1. The van der Waals surface area contributed by atoms with E-state index in [1.807, 2.05) is 0 Å². The van der Waals surface area contributed by atoms with Crippen LogP contribution in [0.15, 0.2) is 63.9 Å². The molecule has 2 aromatic heterocycles. The maximum absolute atomic E-state index is 12.7. The van der Waals surface area contributed by atoms with Crippen LogP contribution in [0, 0.1) is 13.8 Å². The van der Waals surface area contributed by atoms with Crippen LogP contribution in [0.1, 0.15) is 27.4 Å². The van der Waals surface area contributed by atoms with Crippen LogP contribution in [0.3, 0.4) is 0 Å². The van der Waals surface area contributed by atoms with E-state index in [2.05, 4.69) is 10.3 Å². The summed E-state index contributed by atoms with van der Waals surface area (Å²) in [6, 6.07) is 14.6. The van der Waals surface area contributed by atoms with Crippen molar-refractivity contribution in [1.82, 2.24) is 9.56 Å². The van der Waals surface area contributed by atoms with Crippen LogP contribution in [0.4, 0.5) is 5.69 Å². The van der Waals surface area contributed by atoms with Crippen molar-refractivity contribution >= 4 is 23.2 Å². The van der Waals surface area contributed by atoms with E-state index in [-0.39, 0.29) is 24.7 Å². The maximum Gasteiger partial charge on any atom is 0.338 e. The summed E-state index contributed by atoms with van der Waals surface area (Å²) in [4.78, 5) is 41.5. The highest BCUT2D eigenvalue weighted by atomic mass is 16.5. The zero-order valence-electron chi connectivity index (χ0n) is 19.4. The summed E-state index contributed by atoms with van der Waals surface area (Å²) in [5.41, 5.74) is 1.47. The molecule has 0 saturated carbocycles. The van der Waals surface area contributed by atoms with Gasteiger partial charge in [0.05, 0.1) is 18.4 Å². The molecule has 1 amide bonds. The summed E-state index contributed by atoms with van der Waals surface area (Å²) in [7, 11) is 1.56. The van der Waals surface area contributed by atoms with Gasteiger partial charge >= 0.3 is 5.97 Å². The summed E-state index contributed by atoms with van der Waals surface area (Å²) >= 11 is 0. The van der Waals surface area contributed by atoms with Crippen LogP contribution < -0.4 is 20.3 Å². The fourth-order valence-corrected chi connectivity index (χ4v) is 3.36. The Hall–Kier alpha value is -4.60. The molecule has 180 valence electrons. The van der Waals surface area contributed by atoms with E-state index in [1.165, 1.54) is 6.07 Å². The lowest BCUT2D eigenvalue weighted by Gasteiger charge is -2.13. The van der Waals surface area contributed by atoms with E-state index in [9.17, 15) is 14.4 Å². The molecule has 0 atom stereocenters. The van der Waals surface area contributed by atoms with Crippen LogP contribution in [0.5, 0.6) is 11.5 Å². The molecule has 4 aromatic rings. The lowest BCUT2D eigenvalue weighted by atomic mass is 10.1. The summed E-state index contributed by atoms with van der Waals surface area (Å²) in [6.07, 6.45) is 0. The highest BCUT2D eigenvalue weighted by Gasteiger charge is 2.16. The topological polar surface area (TPSA) is 121 Å². The molecule has 0 radical (unpaired) electrons. The van der Waals surface area contributed by atoms with E-state index >= 15 is 0 Å². The second kappa shape index (κ2) is 10.1. The molecular formula is C25H23N3O7. The van der Waals surface area contributed by atoms with E-state index in [1.54, 1.807) is 69.5 Å². The molecule has 10 nitrogen and oxygen atoms in total. The molecule has 0 aliphatic heterocycles. The molecule has 2 aromatic carbocycles. The zero-order valence-corrected chi connectivity index (χ0v) is 19.4. The number of benzene rings is 2. The molecule has 2 heterocycles. The summed E-state index contributed by atoms with van der Waals surface area (Å²) in [5.74, 6) is 0.738. The largest absolute Gasteiger partial charge is 0.497 e. The van der Waals surface area contributed by atoms with Crippen LogP contribution >= 0.6 is 0 Å². The molecule has 0 fully saturated rings. The number of hydrogen-bond donors (Lipinski definition) is 1. The number of carbonyl (C=O) groups excluding carboxylic acids is 2. The predicted molar refractivity (Wildman–Crippen MR) is 126 cm³/mol. The first-order valence-electron chi connectivity index (χ1n) is 10.7. The van der Waals surface area contributed by atoms with Crippen molar-refractivity contribution in [3.63, 3.8) is 0 Å². The fraction of sp³-hybridized carbons (Fsp3) is 0.200. The molecule has 0 bridgehead atoms. The van der Waals surface area contributed by atoms with E-state index in [4.69, 9.17) is 18.7 Å². The van der Waals surface area contributed by atoms with Crippen LogP contribution in [-0.2, 0) is 16.1 Å². The van der Waals surface area contributed by atoms with E-state index in [0.29, 0.717) is 39.9 Å². The number of esters is 1. The van der Waals surface area contributed by atoms with Crippen LogP contribution in [0.25, 0.3) is 5.65 Å².